The molecule has 0 aliphatic carbocycles. The highest BCUT2D eigenvalue weighted by molar-refractivity contribution is 7.89. The van der Waals surface area contributed by atoms with Crippen LogP contribution in [0.25, 0.3) is 16.9 Å². The Labute approximate surface area is 139 Å². The summed E-state index contributed by atoms with van der Waals surface area (Å²) in [6.45, 7) is 0. The number of methoxy groups -OCH3 is 1. The fourth-order valence-electron chi connectivity index (χ4n) is 2.55. The van der Waals surface area contributed by atoms with E-state index >= 15 is 0 Å². The molecule has 1 aromatic heterocycles. The van der Waals surface area contributed by atoms with Crippen molar-refractivity contribution < 1.29 is 17.5 Å². The largest absolute Gasteiger partial charge is 0.494 e. The van der Waals surface area contributed by atoms with Crippen LogP contribution in [-0.4, -0.2) is 20.1 Å². The number of ether oxygens (including phenoxy) is 1. The quantitative estimate of drug-likeness (QED) is 0.789. The molecule has 7 heteroatoms. The number of rotatable bonds is 4. The summed E-state index contributed by atoms with van der Waals surface area (Å²) in [6, 6.07) is 14.5. The highest BCUT2D eigenvalue weighted by atomic mass is 32.2. The first-order chi connectivity index (χ1) is 11.4. The monoisotopic (exact) mass is 346 g/mol. The molecule has 0 atom stereocenters. The molecule has 3 rings (SSSR count). The number of aromatic nitrogens is 1. The molecule has 0 aliphatic heterocycles. The molecule has 24 heavy (non-hydrogen) atoms. The van der Waals surface area contributed by atoms with Crippen molar-refractivity contribution in [1.82, 2.24) is 4.57 Å². The Morgan fingerprint density at radius 2 is 1.83 bits per heavy atom. The fraction of sp³-hybridized carbons (Fsp3) is 0.0588. The molecule has 0 saturated carbocycles. The van der Waals surface area contributed by atoms with Gasteiger partial charge in [0.15, 0.2) is 11.6 Å². The van der Waals surface area contributed by atoms with Crippen molar-refractivity contribution >= 4 is 10.0 Å². The Balaban J connectivity index is 2.18. The van der Waals surface area contributed by atoms with Gasteiger partial charge in [0, 0.05) is 11.8 Å². The first-order valence-corrected chi connectivity index (χ1v) is 8.60. The molecule has 0 unspecified atom stereocenters. The molecular formula is C17H15FN2O3S. The molecule has 0 radical (unpaired) electrons. The molecule has 5 nitrogen and oxygen atoms in total. The average Bonchev–Trinajstić information content (AvgIpc) is 3.03. The van der Waals surface area contributed by atoms with Gasteiger partial charge in [-0.2, -0.15) is 0 Å². The summed E-state index contributed by atoms with van der Waals surface area (Å²) in [6.07, 6.45) is 1.70. The Morgan fingerprint density at radius 1 is 1.08 bits per heavy atom. The van der Waals surface area contributed by atoms with Gasteiger partial charge < -0.3 is 9.30 Å². The van der Waals surface area contributed by atoms with Gasteiger partial charge in [-0.3, -0.25) is 0 Å². The Bertz CT molecular complexity index is 997. The van der Waals surface area contributed by atoms with Gasteiger partial charge in [0.25, 0.3) is 0 Å². The van der Waals surface area contributed by atoms with Gasteiger partial charge >= 0.3 is 0 Å². The van der Waals surface area contributed by atoms with E-state index in [0.717, 1.165) is 0 Å². The van der Waals surface area contributed by atoms with Gasteiger partial charge in [-0.25, -0.2) is 17.9 Å². The smallest absolute Gasteiger partial charge is 0.240 e. The number of hydrogen-bond acceptors (Lipinski definition) is 3. The predicted octanol–water partition coefficient (Wildman–Crippen LogP) is 2.94. The van der Waals surface area contributed by atoms with Crippen molar-refractivity contribution in [3.05, 3.63) is 66.6 Å². The van der Waals surface area contributed by atoms with Crippen LogP contribution in [0.1, 0.15) is 0 Å². The minimum Gasteiger partial charge on any atom is -0.494 e. The highest BCUT2D eigenvalue weighted by Gasteiger charge is 2.17. The molecule has 124 valence electrons. The van der Waals surface area contributed by atoms with Crippen LogP contribution in [-0.2, 0) is 10.0 Å². The lowest BCUT2D eigenvalue weighted by Crippen LogP contribution is -2.15. The third kappa shape index (κ3) is 2.91. The topological polar surface area (TPSA) is 74.3 Å². The molecule has 2 aromatic carbocycles. The number of nitrogens with zero attached hydrogens (tertiary/aromatic N) is 1. The van der Waals surface area contributed by atoms with E-state index in [0.29, 0.717) is 16.9 Å². The lowest BCUT2D eigenvalue weighted by atomic mass is 10.1. The lowest BCUT2D eigenvalue weighted by Gasteiger charge is -2.13. The zero-order chi connectivity index (χ0) is 17.3. The maximum Gasteiger partial charge on any atom is 0.240 e. The maximum absolute atomic E-state index is 14.0. The predicted molar refractivity (Wildman–Crippen MR) is 89.1 cm³/mol. The van der Waals surface area contributed by atoms with Crippen LogP contribution < -0.4 is 9.88 Å². The van der Waals surface area contributed by atoms with Crippen LogP contribution >= 0.6 is 0 Å². The SMILES string of the molecule is COc1ccc(-c2cccn2-c2ccccc2S(N)(=O)=O)cc1F. The second kappa shape index (κ2) is 6.10. The summed E-state index contributed by atoms with van der Waals surface area (Å²) < 4.78 is 44.2. The Hall–Kier alpha value is -2.64. The van der Waals surface area contributed by atoms with Crippen molar-refractivity contribution in [3.8, 4) is 22.7 Å². The first-order valence-electron chi connectivity index (χ1n) is 7.05. The third-order valence-electron chi connectivity index (χ3n) is 3.63. The first kappa shape index (κ1) is 16.2. The van der Waals surface area contributed by atoms with Gasteiger partial charge in [-0.1, -0.05) is 12.1 Å². The van der Waals surface area contributed by atoms with Gasteiger partial charge in [0.2, 0.25) is 10.0 Å². The maximum atomic E-state index is 14.0. The zero-order valence-electron chi connectivity index (χ0n) is 12.8. The van der Waals surface area contributed by atoms with E-state index in [4.69, 9.17) is 9.88 Å². The molecule has 2 N–H and O–H groups in total. The molecular weight excluding hydrogens is 331 g/mol. The summed E-state index contributed by atoms with van der Waals surface area (Å²) in [5.41, 5.74) is 1.62. The van der Waals surface area contributed by atoms with Crippen molar-refractivity contribution in [3.63, 3.8) is 0 Å². The summed E-state index contributed by atoms with van der Waals surface area (Å²) in [7, 11) is -2.50. The number of nitrogens with two attached hydrogens (primary N) is 1. The van der Waals surface area contributed by atoms with E-state index in [1.807, 2.05) is 0 Å². The van der Waals surface area contributed by atoms with Crippen LogP contribution in [0.2, 0.25) is 0 Å². The minimum absolute atomic E-state index is 0.00330. The molecule has 0 bridgehead atoms. The molecule has 0 aliphatic rings. The van der Waals surface area contributed by atoms with Gasteiger partial charge in [-0.15, -0.1) is 0 Å². The summed E-state index contributed by atoms with van der Waals surface area (Å²) in [5, 5.41) is 5.30. The Morgan fingerprint density at radius 3 is 2.50 bits per heavy atom. The number of benzene rings is 2. The standard InChI is InChI=1S/C17H15FN2O3S/c1-23-16-9-8-12(11-13(16)18)14-6-4-10-20(14)15-5-2-3-7-17(15)24(19,21)22/h2-11H,1H3,(H2,19,21,22). The van der Waals surface area contributed by atoms with E-state index in [-0.39, 0.29) is 10.6 Å². The van der Waals surface area contributed by atoms with Gasteiger partial charge in [-0.05, 0) is 42.5 Å². The second-order valence-electron chi connectivity index (χ2n) is 5.13. The van der Waals surface area contributed by atoms with Crippen molar-refractivity contribution in [2.45, 2.75) is 4.90 Å². The van der Waals surface area contributed by atoms with Crippen LogP contribution in [0.15, 0.2) is 65.7 Å². The highest BCUT2D eigenvalue weighted by Crippen LogP contribution is 2.29. The number of para-hydroxylation sites is 1. The fourth-order valence-corrected chi connectivity index (χ4v) is 3.27. The van der Waals surface area contributed by atoms with Crippen LogP contribution in [0.3, 0.4) is 0 Å². The zero-order valence-corrected chi connectivity index (χ0v) is 13.6. The van der Waals surface area contributed by atoms with E-state index in [9.17, 15) is 12.8 Å². The third-order valence-corrected chi connectivity index (χ3v) is 4.59. The number of halogens is 1. The van der Waals surface area contributed by atoms with E-state index in [1.54, 1.807) is 47.2 Å². The molecule has 0 fully saturated rings. The van der Waals surface area contributed by atoms with Crippen molar-refractivity contribution in [2.75, 3.05) is 7.11 Å². The average molecular weight is 346 g/mol. The Kier molecular flexibility index (Phi) is 4.13. The number of sulfonamides is 1. The number of primary sulfonamides is 1. The van der Waals surface area contributed by atoms with Gasteiger partial charge in [0.05, 0.1) is 18.5 Å². The van der Waals surface area contributed by atoms with Gasteiger partial charge in [0.1, 0.15) is 4.90 Å². The molecule has 0 spiro atoms. The summed E-state index contributed by atoms with van der Waals surface area (Å²) in [4.78, 5) is -0.00330. The van der Waals surface area contributed by atoms with Crippen molar-refractivity contribution in [1.29, 1.82) is 0 Å². The molecule has 3 aromatic rings. The van der Waals surface area contributed by atoms with Crippen molar-refractivity contribution in [2.24, 2.45) is 5.14 Å². The molecule has 0 amide bonds. The normalized spacial score (nSPS) is 11.5. The second-order valence-corrected chi connectivity index (χ2v) is 6.66. The number of hydrogen-bond donors (Lipinski definition) is 1. The van der Waals surface area contributed by atoms with E-state index < -0.39 is 15.8 Å². The summed E-state index contributed by atoms with van der Waals surface area (Å²) >= 11 is 0. The van der Waals surface area contributed by atoms with Crippen LogP contribution in [0.4, 0.5) is 4.39 Å². The van der Waals surface area contributed by atoms with Crippen LogP contribution in [0, 0.1) is 5.82 Å². The summed E-state index contributed by atoms with van der Waals surface area (Å²) in [5.74, 6) is -0.357. The minimum atomic E-state index is -3.89. The molecule has 1 heterocycles. The van der Waals surface area contributed by atoms with E-state index in [1.165, 1.54) is 25.3 Å². The van der Waals surface area contributed by atoms with E-state index in [2.05, 4.69) is 0 Å². The van der Waals surface area contributed by atoms with Crippen LogP contribution in [0.5, 0.6) is 5.75 Å². The molecule has 0 saturated heterocycles. The lowest BCUT2D eigenvalue weighted by molar-refractivity contribution is 0.386.